The largest absolute Gasteiger partial charge is 0.465 e. The molecule has 0 aliphatic heterocycles. The van der Waals surface area contributed by atoms with Crippen molar-refractivity contribution in [1.82, 2.24) is 4.98 Å². The standard InChI is InChI=1S/C17H10Cl2FNO2/c1-23-17(22)10-6-5-9-3-2-4-11(12(9)7-10)14-13(18)8-21-16(20)15(14)19/h2-8H,1H3. The lowest BCUT2D eigenvalue weighted by molar-refractivity contribution is 0.0601. The van der Waals surface area contributed by atoms with Crippen LogP contribution in [0.2, 0.25) is 10.0 Å². The van der Waals surface area contributed by atoms with Crippen molar-refractivity contribution in [3.05, 3.63) is 64.2 Å². The molecule has 0 bridgehead atoms. The van der Waals surface area contributed by atoms with E-state index >= 15 is 0 Å². The van der Waals surface area contributed by atoms with Crippen molar-refractivity contribution in [3.63, 3.8) is 0 Å². The number of carbonyl (C=O) groups is 1. The summed E-state index contributed by atoms with van der Waals surface area (Å²) in [5, 5.41) is 1.64. The van der Waals surface area contributed by atoms with Crippen LogP contribution < -0.4 is 0 Å². The van der Waals surface area contributed by atoms with Gasteiger partial charge in [-0.25, -0.2) is 9.78 Å². The Morgan fingerprint density at radius 2 is 2.00 bits per heavy atom. The molecule has 0 atom stereocenters. The SMILES string of the molecule is COC(=O)c1ccc2cccc(-c3c(Cl)cnc(F)c3Cl)c2c1. The lowest BCUT2D eigenvalue weighted by Crippen LogP contribution is -2.01. The molecule has 0 radical (unpaired) electrons. The van der Waals surface area contributed by atoms with Gasteiger partial charge in [0.15, 0.2) is 0 Å². The number of fused-ring (bicyclic) bond motifs is 1. The summed E-state index contributed by atoms with van der Waals surface area (Å²) in [5.74, 6) is -1.26. The molecule has 0 spiro atoms. The lowest BCUT2D eigenvalue weighted by Gasteiger charge is -2.11. The van der Waals surface area contributed by atoms with Crippen molar-refractivity contribution in [3.8, 4) is 11.1 Å². The Morgan fingerprint density at radius 1 is 1.22 bits per heavy atom. The number of esters is 1. The molecule has 1 heterocycles. The summed E-state index contributed by atoms with van der Waals surface area (Å²) in [6, 6.07) is 10.6. The van der Waals surface area contributed by atoms with Gasteiger partial charge in [-0.1, -0.05) is 47.5 Å². The van der Waals surface area contributed by atoms with Crippen LogP contribution in [0.1, 0.15) is 10.4 Å². The first-order valence-corrected chi connectivity index (χ1v) is 7.39. The number of nitrogens with zero attached hydrogens (tertiary/aromatic N) is 1. The van der Waals surface area contributed by atoms with Crippen molar-refractivity contribution in [2.75, 3.05) is 7.11 Å². The molecule has 116 valence electrons. The first-order chi connectivity index (χ1) is 11.0. The fourth-order valence-electron chi connectivity index (χ4n) is 2.42. The Bertz CT molecular complexity index is 928. The number of rotatable bonds is 2. The van der Waals surface area contributed by atoms with E-state index < -0.39 is 11.9 Å². The van der Waals surface area contributed by atoms with Crippen LogP contribution in [0.5, 0.6) is 0 Å². The van der Waals surface area contributed by atoms with Gasteiger partial charge >= 0.3 is 5.97 Å². The number of benzene rings is 2. The second-order valence-electron chi connectivity index (χ2n) is 4.82. The minimum atomic E-state index is -0.799. The van der Waals surface area contributed by atoms with Gasteiger partial charge < -0.3 is 4.74 Å². The second-order valence-corrected chi connectivity index (χ2v) is 5.60. The minimum absolute atomic E-state index is 0.159. The molecule has 2 aromatic carbocycles. The highest BCUT2D eigenvalue weighted by Crippen LogP contribution is 2.39. The van der Waals surface area contributed by atoms with Crippen LogP contribution in [-0.4, -0.2) is 18.1 Å². The van der Waals surface area contributed by atoms with Crippen molar-refractivity contribution in [2.45, 2.75) is 0 Å². The Labute approximate surface area is 141 Å². The normalized spacial score (nSPS) is 10.8. The van der Waals surface area contributed by atoms with Gasteiger partial charge in [-0.05, 0) is 28.5 Å². The predicted molar refractivity (Wildman–Crippen MR) is 88.5 cm³/mol. The Balaban J connectivity index is 2.34. The smallest absolute Gasteiger partial charge is 0.337 e. The van der Waals surface area contributed by atoms with E-state index in [1.807, 2.05) is 6.07 Å². The average Bonchev–Trinajstić information content (AvgIpc) is 2.57. The second kappa shape index (κ2) is 6.14. The van der Waals surface area contributed by atoms with E-state index in [0.29, 0.717) is 22.1 Å². The number of ether oxygens (including phenoxy) is 1. The number of carbonyl (C=O) groups excluding carboxylic acids is 1. The number of hydrogen-bond acceptors (Lipinski definition) is 3. The summed E-state index contributed by atoms with van der Waals surface area (Å²) in [4.78, 5) is 15.2. The van der Waals surface area contributed by atoms with E-state index in [0.717, 1.165) is 5.39 Å². The van der Waals surface area contributed by atoms with Gasteiger partial charge in [-0.2, -0.15) is 4.39 Å². The molecule has 0 saturated heterocycles. The van der Waals surface area contributed by atoms with E-state index in [2.05, 4.69) is 4.98 Å². The molecule has 3 aromatic rings. The summed E-state index contributed by atoms with van der Waals surface area (Å²) in [6.45, 7) is 0. The van der Waals surface area contributed by atoms with Crippen LogP contribution >= 0.6 is 23.2 Å². The van der Waals surface area contributed by atoms with Crippen molar-refractivity contribution < 1.29 is 13.9 Å². The highest BCUT2D eigenvalue weighted by molar-refractivity contribution is 6.39. The summed E-state index contributed by atoms with van der Waals surface area (Å²) in [5.41, 5.74) is 1.34. The number of pyridine rings is 1. The Hall–Kier alpha value is -2.17. The molecule has 3 nitrogen and oxygen atoms in total. The number of halogens is 3. The lowest BCUT2D eigenvalue weighted by atomic mass is 9.97. The molecule has 3 rings (SSSR count). The van der Waals surface area contributed by atoms with Gasteiger partial charge in [0.25, 0.3) is 0 Å². The van der Waals surface area contributed by atoms with Gasteiger partial charge in [-0.3, -0.25) is 0 Å². The molecule has 0 amide bonds. The fraction of sp³-hybridized carbons (Fsp3) is 0.0588. The van der Waals surface area contributed by atoms with E-state index in [1.54, 1.807) is 30.3 Å². The minimum Gasteiger partial charge on any atom is -0.465 e. The molecule has 0 saturated carbocycles. The molecule has 23 heavy (non-hydrogen) atoms. The molecule has 0 aliphatic carbocycles. The topological polar surface area (TPSA) is 39.2 Å². The van der Waals surface area contributed by atoms with Crippen LogP contribution in [0.3, 0.4) is 0 Å². The Kier molecular flexibility index (Phi) is 4.20. The molecular weight excluding hydrogens is 340 g/mol. The van der Waals surface area contributed by atoms with E-state index in [-0.39, 0.29) is 10.0 Å². The molecular formula is C17H10Cl2FNO2. The summed E-state index contributed by atoms with van der Waals surface area (Å²) < 4.78 is 18.5. The van der Waals surface area contributed by atoms with Crippen molar-refractivity contribution in [1.29, 1.82) is 0 Å². The van der Waals surface area contributed by atoms with Gasteiger partial charge in [0.05, 0.1) is 17.7 Å². The quantitative estimate of drug-likeness (QED) is 0.475. The molecule has 0 fully saturated rings. The maximum absolute atomic E-state index is 13.7. The first-order valence-electron chi connectivity index (χ1n) is 6.64. The van der Waals surface area contributed by atoms with Crippen molar-refractivity contribution >= 4 is 39.9 Å². The zero-order valence-electron chi connectivity index (χ0n) is 11.9. The van der Waals surface area contributed by atoms with Crippen LogP contribution in [-0.2, 0) is 4.74 Å². The van der Waals surface area contributed by atoms with Gasteiger partial charge in [0, 0.05) is 11.8 Å². The van der Waals surface area contributed by atoms with E-state index in [4.69, 9.17) is 27.9 Å². The third kappa shape index (κ3) is 2.76. The first kappa shape index (κ1) is 15.7. The third-order valence-corrected chi connectivity index (χ3v) is 4.13. The maximum Gasteiger partial charge on any atom is 0.337 e. The third-order valence-electron chi connectivity index (χ3n) is 3.50. The van der Waals surface area contributed by atoms with Crippen LogP contribution in [0, 0.1) is 5.95 Å². The number of methoxy groups -OCH3 is 1. The number of aromatic nitrogens is 1. The molecule has 1 aromatic heterocycles. The highest BCUT2D eigenvalue weighted by atomic mass is 35.5. The summed E-state index contributed by atoms with van der Waals surface area (Å²) in [6.07, 6.45) is 1.21. The molecule has 6 heteroatoms. The molecule has 0 aliphatic rings. The predicted octanol–water partition coefficient (Wildman–Crippen LogP) is 5.13. The molecule has 0 unspecified atom stereocenters. The van der Waals surface area contributed by atoms with E-state index in [1.165, 1.54) is 13.3 Å². The average molecular weight is 350 g/mol. The van der Waals surface area contributed by atoms with Gasteiger partial charge in [-0.15, -0.1) is 0 Å². The zero-order chi connectivity index (χ0) is 16.6. The van der Waals surface area contributed by atoms with Crippen LogP contribution in [0.25, 0.3) is 21.9 Å². The molecule has 0 N–H and O–H groups in total. The fourth-order valence-corrected chi connectivity index (χ4v) is 2.97. The van der Waals surface area contributed by atoms with Crippen LogP contribution in [0.4, 0.5) is 4.39 Å². The van der Waals surface area contributed by atoms with E-state index in [9.17, 15) is 9.18 Å². The Morgan fingerprint density at radius 3 is 2.74 bits per heavy atom. The van der Waals surface area contributed by atoms with Gasteiger partial charge in [0.2, 0.25) is 5.95 Å². The summed E-state index contributed by atoms with van der Waals surface area (Å²) in [7, 11) is 1.31. The zero-order valence-corrected chi connectivity index (χ0v) is 13.5. The van der Waals surface area contributed by atoms with Crippen molar-refractivity contribution in [2.24, 2.45) is 0 Å². The van der Waals surface area contributed by atoms with Crippen LogP contribution in [0.15, 0.2) is 42.6 Å². The monoisotopic (exact) mass is 349 g/mol. The highest BCUT2D eigenvalue weighted by Gasteiger charge is 2.17. The number of hydrogen-bond donors (Lipinski definition) is 0. The summed E-state index contributed by atoms with van der Waals surface area (Å²) >= 11 is 12.2. The maximum atomic E-state index is 13.7. The van der Waals surface area contributed by atoms with Gasteiger partial charge in [0.1, 0.15) is 5.02 Å².